The van der Waals surface area contributed by atoms with Gasteiger partial charge in [0.15, 0.2) is 0 Å². The average molecular weight is 458 g/mol. The van der Waals surface area contributed by atoms with E-state index in [0.29, 0.717) is 0 Å². The molecule has 0 radical (unpaired) electrons. The molecule has 0 aliphatic rings. The van der Waals surface area contributed by atoms with Crippen LogP contribution < -0.4 is 11.8 Å². The molecular formula is H14N2O18S4. The largest absolute Gasteiger partial charge is 0.394 e. The lowest BCUT2D eigenvalue weighted by Gasteiger charge is -1.68. The van der Waals surface area contributed by atoms with E-state index < -0.39 is 41.6 Å². The Morgan fingerprint density at radius 1 is 0.333 bits per heavy atom. The zero-order valence-corrected chi connectivity index (χ0v) is 13.8. The van der Waals surface area contributed by atoms with Crippen molar-refractivity contribution in [3.05, 3.63) is 0 Å². The van der Waals surface area contributed by atoms with Gasteiger partial charge in [-0.15, -0.1) is 0 Å². The quantitative estimate of drug-likeness (QED) is 0.121. The Labute approximate surface area is 134 Å². The van der Waals surface area contributed by atoms with E-state index >= 15 is 0 Å². The van der Waals surface area contributed by atoms with Crippen molar-refractivity contribution in [3.63, 3.8) is 0 Å². The normalized spacial score (nSPS) is 10.2. The summed E-state index contributed by atoms with van der Waals surface area (Å²) in [5.74, 6) is 7.00. The summed E-state index contributed by atoms with van der Waals surface area (Å²) >= 11 is 0. The Balaban J connectivity index is -0.0000000420. The Kier molecular flexibility index (Phi) is 30.1. The molecule has 24 heavy (non-hydrogen) atoms. The Morgan fingerprint density at radius 2 is 0.333 bits per heavy atom. The third-order valence-corrected chi connectivity index (χ3v) is 0. The number of nitrogens with two attached hydrogens (primary N) is 2. The van der Waals surface area contributed by atoms with Crippen LogP contribution in [0, 0.1) is 0 Å². The number of hydrogen-bond acceptors (Lipinski definition) is 12. The zero-order valence-electron chi connectivity index (χ0n) is 10.5. The second-order valence-corrected chi connectivity index (χ2v) is 5.37. The molecule has 14 N–H and O–H groups in total. The third-order valence-electron chi connectivity index (χ3n) is 0. The standard InChI is InChI=1S/2H3NO.4H2O4S/c2*1-2;4*1-5(2,3)4/h2*2H,1H2;4*(H2,1,2,3,4). The van der Waals surface area contributed by atoms with Gasteiger partial charge >= 0.3 is 41.6 Å². The minimum absolute atomic E-state index is 3.50. The van der Waals surface area contributed by atoms with Crippen molar-refractivity contribution in [1.82, 2.24) is 0 Å². The maximum Gasteiger partial charge on any atom is 0.394 e. The van der Waals surface area contributed by atoms with Gasteiger partial charge in [0.05, 0.1) is 0 Å². The molecule has 0 rings (SSSR count). The SMILES string of the molecule is NO.NO.O=S(=O)(O)O.O=S(=O)(O)O.O=S(=O)(O)O.O=S(=O)(O)O. The monoisotopic (exact) mass is 458 g/mol. The van der Waals surface area contributed by atoms with E-state index in [9.17, 15) is 0 Å². The predicted molar refractivity (Wildman–Crippen MR) is 68.7 cm³/mol. The summed E-state index contributed by atoms with van der Waals surface area (Å²) in [5.41, 5.74) is 0. The highest BCUT2D eigenvalue weighted by molar-refractivity contribution is 7.80. The highest BCUT2D eigenvalue weighted by Gasteiger charge is 1.86. The van der Waals surface area contributed by atoms with Crippen LogP contribution in [-0.2, 0) is 41.6 Å². The third kappa shape index (κ3) is 19000. The van der Waals surface area contributed by atoms with Gasteiger partial charge in [0, 0.05) is 0 Å². The molecule has 20 nitrogen and oxygen atoms in total. The van der Waals surface area contributed by atoms with Crippen molar-refractivity contribution < 1.29 is 80.5 Å². The van der Waals surface area contributed by atoms with Crippen LogP contribution in [0.5, 0.6) is 0 Å². The van der Waals surface area contributed by atoms with E-state index in [0.717, 1.165) is 0 Å². The van der Waals surface area contributed by atoms with Crippen LogP contribution in [0.15, 0.2) is 0 Å². The van der Waals surface area contributed by atoms with Crippen LogP contribution >= 0.6 is 0 Å². The zero-order chi connectivity index (χ0) is 22.0. The first-order chi connectivity index (χ1) is 10.0. The first-order valence-electron chi connectivity index (χ1n) is 3.31. The molecule has 0 aromatic heterocycles. The second kappa shape index (κ2) is 18.7. The van der Waals surface area contributed by atoms with Crippen molar-refractivity contribution in [2.75, 3.05) is 0 Å². The summed E-state index contributed by atoms with van der Waals surface area (Å²) in [5, 5.41) is 13.0. The van der Waals surface area contributed by atoms with E-state index in [4.69, 9.17) is 80.5 Å². The topological polar surface area (TPSA) is 391 Å². The summed E-state index contributed by atoms with van der Waals surface area (Å²) in [6, 6.07) is 0. The fraction of sp³-hybridized carbons (Fsp3) is 0. The van der Waals surface area contributed by atoms with E-state index in [1.54, 1.807) is 0 Å². The first kappa shape index (κ1) is 38.7. The molecule has 0 saturated heterocycles. The Bertz CT molecular complexity index is 478. The molecule has 0 aliphatic heterocycles. The second-order valence-electron chi connectivity index (χ2n) is 1.79. The van der Waals surface area contributed by atoms with E-state index in [2.05, 4.69) is 11.8 Å². The minimum Gasteiger partial charge on any atom is -0.320 e. The lowest BCUT2D eigenvalue weighted by molar-refractivity contribution is 0.311. The van der Waals surface area contributed by atoms with Gasteiger partial charge in [-0.1, -0.05) is 0 Å². The van der Waals surface area contributed by atoms with Crippen LogP contribution in [0.3, 0.4) is 0 Å². The fourth-order valence-corrected chi connectivity index (χ4v) is 0. The van der Waals surface area contributed by atoms with Crippen LogP contribution in [0.2, 0.25) is 0 Å². The number of hydrogen-bond donors (Lipinski definition) is 12. The summed E-state index contributed by atoms with van der Waals surface area (Å²) in [4.78, 5) is 0. The van der Waals surface area contributed by atoms with Gasteiger partial charge < -0.3 is 10.4 Å². The Hall–Kier alpha value is -0.680. The Morgan fingerprint density at radius 3 is 0.333 bits per heavy atom. The van der Waals surface area contributed by atoms with E-state index in [1.807, 2.05) is 0 Å². The molecule has 0 atom stereocenters. The van der Waals surface area contributed by atoms with Crippen LogP contribution in [0.1, 0.15) is 0 Å². The molecule has 0 saturated carbocycles. The lowest BCUT2D eigenvalue weighted by atomic mass is 13.6. The van der Waals surface area contributed by atoms with Crippen molar-refractivity contribution in [2.24, 2.45) is 11.8 Å². The van der Waals surface area contributed by atoms with Gasteiger partial charge in [0.1, 0.15) is 0 Å². The molecule has 0 fully saturated rings. The lowest BCUT2D eigenvalue weighted by Crippen LogP contribution is -1.89. The van der Waals surface area contributed by atoms with Gasteiger partial charge in [0.25, 0.3) is 0 Å². The fourth-order valence-electron chi connectivity index (χ4n) is 0. The molecule has 0 spiro atoms. The van der Waals surface area contributed by atoms with Gasteiger partial charge in [0.2, 0.25) is 0 Å². The van der Waals surface area contributed by atoms with Gasteiger partial charge in [-0.3, -0.25) is 36.4 Å². The molecular weight excluding hydrogens is 444 g/mol. The first-order valence-corrected chi connectivity index (χ1v) is 8.90. The van der Waals surface area contributed by atoms with Gasteiger partial charge in [-0.05, 0) is 0 Å². The molecule has 0 aliphatic carbocycles. The highest BCUT2D eigenvalue weighted by Crippen LogP contribution is 1.60. The maximum atomic E-state index is 8.74. The predicted octanol–water partition coefficient (Wildman–Crippen LogP) is -3.94. The summed E-state index contributed by atoms with van der Waals surface area (Å²) in [6.07, 6.45) is 0. The summed E-state index contributed by atoms with van der Waals surface area (Å²) in [7, 11) is -18.7. The van der Waals surface area contributed by atoms with E-state index in [-0.39, 0.29) is 0 Å². The average Bonchev–Trinajstić information content (AvgIpc) is 2.12. The van der Waals surface area contributed by atoms with Crippen molar-refractivity contribution in [3.8, 4) is 0 Å². The molecule has 0 unspecified atom stereocenters. The molecule has 0 heterocycles. The van der Waals surface area contributed by atoms with Crippen LogP contribution in [-0.4, -0.2) is 80.5 Å². The van der Waals surface area contributed by atoms with Crippen LogP contribution in [0.25, 0.3) is 0 Å². The molecule has 0 aromatic rings. The molecule has 0 amide bonds. The van der Waals surface area contributed by atoms with E-state index in [1.165, 1.54) is 0 Å². The minimum atomic E-state index is -4.67. The highest BCUT2D eigenvalue weighted by atomic mass is 32.3. The number of rotatable bonds is 0. The van der Waals surface area contributed by atoms with Crippen molar-refractivity contribution in [2.45, 2.75) is 0 Å². The van der Waals surface area contributed by atoms with Gasteiger partial charge in [-0.25, -0.2) is 11.8 Å². The smallest absolute Gasteiger partial charge is 0.320 e. The molecule has 0 aromatic carbocycles. The molecule has 0 bridgehead atoms. The van der Waals surface area contributed by atoms with Crippen LogP contribution in [0.4, 0.5) is 0 Å². The van der Waals surface area contributed by atoms with Gasteiger partial charge in [-0.2, -0.15) is 33.7 Å². The van der Waals surface area contributed by atoms with Crippen molar-refractivity contribution >= 4 is 41.6 Å². The summed E-state index contributed by atoms with van der Waals surface area (Å²) < 4.78 is 126. The van der Waals surface area contributed by atoms with Crippen molar-refractivity contribution in [1.29, 1.82) is 0 Å². The maximum absolute atomic E-state index is 8.74. The molecule has 24 heteroatoms. The summed E-state index contributed by atoms with van der Waals surface area (Å²) in [6.45, 7) is 0. The molecule has 156 valence electrons.